The summed E-state index contributed by atoms with van der Waals surface area (Å²) in [5.74, 6) is -0.422. The van der Waals surface area contributed by atoms with Gasteiger partial charge in [0.25, 0.3) is 5.91 Å². The lowest BCUT2D eigenvalue weighted by Crippen LogP contribution is -2.16. The number of hydrogen-bond acceptors (Lipinski definition) is 6. The zero-order valence-electron chi connectivity index (χ0n) is 11.2. The van der Waals surface area contributed by atoms with Gasteiger partial charge in [0, 0.05) is 11.9 Å². The molecule has 9 heteroatoms. The molecule has 0 unspecified atom stereocenters. The highest BCUT2D eigenvalue weighted by Gasteiger charge is 2.13. The van der Waals surface area contributed by atoms with E-state index in [9.17, 15) is 13.2 Å². The Morgan fingerprint density at radius 3 is 2.57 bits per heavy atom. The molecule has 7 nitrogen and oxygen atoms in total. The SMILES string of the molecule is CS(=O)(=O)Nc1ccccc1NC(=O)c1csc(CN)n1. The molecule has 1 aromatic carbocycles. The molecule has 0 atom stereocenters. The second-order valence-electron chi connectivity index (χ2n) is 4.20. The molecule has 0 radical (unpaired) electrons. The number of thiazole rings is 1. The van der Waals surface area contributed by atoms with Gasteiger partial charge in [-0.25, -0.2) is 13.4 Å². The normalized spacial score (nSPS) is 11.1. The van der Waals surface area contributed by atoms with Crippen molar-refractivity contribution < 1.29 is 13.2 Å². The van der Waals surface area contributed by atoms with E-state index >= 15 is 0 Å². The predicted octanol–water partition coefficient (Wildman–Crippen LogP) is 1.23. The van der Waals surface area contributed by atoms with Crippen LogP contribution in [0.15, 0.2) is 29.6 Å². The second kappa shape index (κ2) is 6.20. The van der Waals surface area contributed by atoms with Crippen LogP contribution in [0.4, 0.5) is 11.4 Å². The molecule has 0 saturated heterocycles. The number of benzene rings is 1. The van der Waals surface area contributed by atoms with Gasteiger partial charge >= 0.3 is 0 Å². The first-order valence-corrected chi connectivity index (χ1v) is 8.69. The highest BCUT2D eigenvalue weighted by Crippen LogP contribution is 2.22. The van der Waals surface area contributed by atoms with Crippen molar-refractivity contribution >= 4 is 38.6 Å². The van der Waals surface area contributed by atoms with E-state index in [2.05, 4.69) is 15.0 Å². The highest BCUT2D eigenvalue weighted by molar-refractivity contribution is 7.92. The van der Waals surface area contributed by atoms with Gasteiger partial charge in [-0.3, -0.25) is 9.52 Å². The summed E-state index contributed by atoms with van der Waals surface area (Å²) in [6, 6.07) is 6.51. The zero-order valence-corrected chi connectivity index (χ0v) is 12.8. The number of nitrogens with one attached hydrogen (secondary N) is 2. The number of amides is 1. The molecule has 0 spiro atoms. The fourth-order valence-corrected chi connectivity index (χ4v) is 2.81. The number of rotatable bonds is 5. The van der Waals surface area contributed by atoms with Crippen LogP contribution in [0.5, 0.6) is 0 Å². The Hall–Kier alpha value is -1.97. The van der Waals surface area contributed by atoms with E-state index in [0.717, 1.165) is 6.26 Å². The van der Waals surface area contributed by atoms with Crippen LogP contribution in [0.3, 0.4) is 0 Å². The Balaban J connectivity index is 2.21. The monoisotopic (exact) mass is 326 g/mol. The number of aromatic nitrogens is 1. The van der Waals surface area contributed by atoms with Crippen molar-refractivity contribution in [3.63, 3.8) is 0 Å². The summed E-state index contributed by atoms with van der Waals surface area (Å²) in [4.78, 5) is 16.1. The summed E-state index contributed by atoms with van der Waals surface area (Å²) < 4.78 is 24.9. The molecule has 0 aliphatic carbocycles. The molecule has 0 aliphatic rings. The van der Waals surface area contributed by atoms with E-state index < -0.39 is 15.9 Å². The molecule has 112 valence electrons. The smallest absolute Gasteiger partial charge is 0.275 e. The van der Waals surface area contributed by atoms with Gasteiger partial charge in [-0.15, -0.1) is 11.3 Å². The predicted molar refractivity (Wildman–Crippen MR) is 82.9 cm³/mol. The molecule has 2 aromatic rings. The Morgan fingerprint density at radius 2 is 2.00 bits per heavy atom. The number of anilines is 2. The van der Waals surface area contributed by atoms with Crippen molar-refractivity contribution in [3.05, 3.63) is 40.3 Å². The molecule has 2 rings (SSSR count). The van der Waals surface area contributed by atoms with Crippen LogP contribution >= 0.6 is 11.3 Å². The molecular formula is C12H14N4O3S2. The Morgan fingerprint density at radius 1 is 1.33 bits per heavy atom. The third-order valence-corrected chi connectivity index (χ3v) is 3.89. The van der Waals surface area contributed by atoms with Gasteiger partial charge in [-0.05, 0) is 12.1 Å². The first kappa shape index (κ1) is 15.4. The average Bonchev–Trinajstić information content (AvgIpc) is 2.88. The summed E-state index contributed by atoms with van der Waals surface area (Å²) in [5.41, 5.74) is 6.34. The number of carbonyl (C=O) groups is 1. The fourth-order valence-electron chi connectivity index (χ4n) is 1.58. The largest absolute Gasteiger partial charge is 0.325 e. The quantitative estimate of drug-likeness (QED) is 0.764. The maximum absolute atomic E-state index is 12.1. The van der Waals surface area contributed by atoms with Gasteiger partial charge in [0.2, 0.25) is 10.0 Å². The number of nitrogens with two attached hydrogens (primary N) is 1. The van der Waals surface area contributed by atoms with E-state index in [-0.39, 0.29) is 12.2 Å². The number of para-hydroxylation sites is 2. The van der Waals surface area contributed by atoms with Crippen LogP contribution in [0.1, 0.15) is 15.5 Å². The molecule has 1 heterocycles. The van der Waals surface area contributed by atoms with Gasteiger partial charge < -0.3 is 11.1 Å². The minimum Gasteiger partial charge on any atom is -0.325 e. The van der Waals surface area contributed by atoms with Crippen LogP contribution < -0.4 is 15.8 Å². The summed E-state index contributed by atoms with van der Waals surface area (Å²) >= 11 is 1.29. The van der Waals surface area contributed by atoms with E-state index in [1.165, 1.54) is 11.3 Å². The van der Waals surface area contributed by atoms with Gasteiger partial charge in [-0.1, -0.05) is 12.1 Å². The lowest BCUT2D eigenvalue weighted by Gasteiger charge is -2.10. The van der Waals surface area contributed by atoms with Crippen LogP contribution in [0.25, 0.3) is 0 Å². The van der Waals surface area contributed by atoms with E-state index in [1.54, 1.807) is 29.6 Å². The Labute approximate surface area is 126 Å². The van der Waals surface area contributed by atoms with Crippen LogP contribution in [0.2, 0.25) is 0 Å². The van der Waals surface area contributed by atoms with Gasteiger partial charge in [0.05, 0.1) is 17.6 Å². The molecule has 0 aliphatic heterocycles. The molecule has 0 bridgehead atoms. The standard InChI is InChI=1S/C12H14N4O3S2/c1-21(18,19)16-9-5-3-2-4-8(9)15-12(17)10-7-20-11(6-13)14-10/h2-5,7,16H,6,13H2,1H3,(H,15,17). The summed E-state index contributed by atoms with van der Waals surface area (Å²) in [6.45, 7) is 0.268. The lowest BCUT2D eigenvalue weighted by atomic mass is 10.2. The van der Waals surface area contributed by atoms with Crippen molar-refractivity contribution in [1.82, 2.24) is 4.98 Å². The number of nitrogens with zero attached hydrogens (tertiary/aromatic N) is 1. The number of carbonyl (C=O) groups excluding carboxylic acids is 1. The van der Waals surface area contributed by atoms with E-state index in [1.807, 2.05) is 0 Å². The first-order chi connectivity index (χ1) is 9.89. The van der Waals surface area contributed by atoms with Crippen molar-refractivity contribution in [1.29, 1.82) is 0 Å². The molecule has 1 aromatic heterocycles. The molecule has 4 N–H and O–H groups in total. The Bertz CT molecular complexity index is 755. The molecule has 0 fully saturated rings. The average molecular weight is 326 g/mol. The van der Waals surface area contributed by atoms with Gasteiger partial charge in [0.1, 0.15) is 10.7 Å². The molecule has 21 heavy (non-hydrogen) atoms. The summed E-state index contributed by atoms with van der Waals surface area (Å²) in [6.07, 6.45) is 1.04. The first-order valence-electron chi connectivity index (χ1n) is 5.91. The topological polar surface area (TPSA) is 114 Å². The minimum absolute atomic E-state index is 0.245. The summed E-state index contributed by atoms with van der Waals surface area (Å²) in [7, 11) is -3.43. The van der Waals surface area contributed by atoms with E-state index in [4.69, 9.17) is 5.73 Å². The second-order valence-corrected chi connectivity index (χ2v) is 6.90. The molecule has 0 saturated carbocycles. The highest BCUT2D eigenvalue weighted by atomic mass is 32.2. The van der Waals surface area contributed by atoms with Crippen molar-refractivity contribution in [2.75, 3.05) is 16.3 Å². The Kier molecular flexibility index (Phi) is 4.56. The van der Waals surface area contributed by atoms with Crippen molar-refractivity contribution in [3.8, 4) is 0 Å². The summed E-state index contributed by atoms with van der Waals surface area (Å²) in [5, 5.41) is 4.88. The van der Waals surface area contributed by atoms with Crippen molar-refractivity contribution in [2.45, 2.75) is 6.54 Å². The fraction of sp³-hybridized carbons (Fsp3) is 0.167. The third kappa shape index (κ3) is 4.25. The van der Waals surface area contributed by atoms with Crippen LogP contribution in [-0.2, 0) is 16.6 Å². The van der Waals surface area contributed by atoms with Crippen LogP contribution in [0, 0.1) is 0 Å². The van der Waals surface area contributed by atoms with Crippen LogP contribution in [-0.4, -0.2) is 25.6 Å². The molecular weight excluding hydrogens is 312 g/mol. The molecule has 1 amide bonds. The third-order valence-electron chi connectivity index (χ3n) is 2.43. The number of hydrogen-bond donors (Lipinski definition) is 3. The van der Waals surface area contributed by atoms with E-state index in [0.29, 0.717) is 16.4 Å². The van der Waals surface area contributed by atoms with Crippen molar-refractivity contribution in [2.24, 2.45) is 5.73 Å². The minimum atomic E-state index is -3.43. The number of sulfonamides is 1. The zero-order chi connectivity index (χ0) is 15.5. The van der Waals surface area contributed by atoms with Gasteiger partial charge in [0.15, 0.2) is 0 Å². The lowest BCUT2D eigenvalue weighted by molar-refractivity contribution is 0.102. The van der Waals surface area contributed by atoms with Gasteiger partial charge in [-0.2, -0.15) is 0 Å². The maximum Gasteiger partial charge on any atom is 0.275 e. The maximum atomic E-state index is 12.1.